The smallest absolute Gasteiger partial charge is 0.472 e. The summed E-state index contributed by atoms with van der Waals surface area (Å²) in [5.41, 5.74) is 0. The molecule has 0 aliphatic heterocycles. The number of aliphatic carboxylic acids is 1. The van der Waals surface area contributed by atoms with Crippen molar-refractivity contribution in [2.24, 2.45) is 0 Å². The molecule has 60 heavy (non-hydrogen) atoms. The Kier molecular flexibility index (Phi) is 39.6. The first-order valence-electron chi connectivity index (χ1n) is 22.3. The fourth-order valence-corrected chi connectivity index (χ4v) is 6.18. The Hall–Kier alpha value is -3.60. The normalized spacial score (nSPS) is 14.6. The fraction of sp³-hybridized carbons (Fsp3) is 0.604. The molecule has 0 heterocycles. The molecule has 0 saturated carbocycles. The summed E-state index contributed by atoms with van der Waals surface area (Å²) in [7, 11) is -4.78. The van der Waals surface area contributed by atoms with E-state index in [1.807, 2.05) is 6.08 Å². The van der Waals surface area contributed by atoms with Crippen LogP contribution in [-0.4, -0.2) is 64.9 Å². The summed E-state index contributed by atoms with van der Waals surface area (Å²) in [6.07, 6.45) is 52.9. The maximum atomic E-state index is 12.3. The van der Waals surface area contributed by atoms with Gasteiger partial charge in [-0.15, -0.1) is 0 Å². The average molecular weight is 860 g/mol. The second kappa shape index (κ2) is 42.1. The predicted octanol–water partition coefficient (Wildman–Crippen LogP) is 11.7. The summed E-state index contributed by atoms with van der Waals surface area (Å²) < 4.78 is 26.8. The van der Waals surface area contributed by atoms with Crippen molar-refractivity contribution in [3.8, 4) is 0 Å². The van der Waals surface area contributed by atoms with Crippen LogP contribution in [0, 0.1) is 0 Å². The van der Waals surface area contributed by atoms with Gasteiger partial charge in [-0.2, -0.15) is 0 Å². The first-order valence-corrected chi connectivity index (χ1v) is 23.8. The van der Waals surface area contributed by atoms with E-state index in [-0.39, 0.29) is 12.8 Å². The molecule has 0 fully saturated rings. The number of aliphatic hydroxyl groups excluding tert-OH is 1. The molecule has 4 N–H and O–H groups in total. The van der Waals surface area contributed by atoms with E-state index in [1.165, 1.54) is 25.7 Å². The minimum absolute atomic E-state index is 0.0861. The number of carbonyl (C=O) groups excluding carboxylic acids is 2. The maximum absolute atomic E-state index is 12.3. The third-order valence-electron chi connectivity index (χ3n) is 8.86. The van der Waals surface area contributed by atoms with E-state index < -0.39 is 57.6 Å². The summed E-state index contributed by atoms with van der Waals surface area (Å²) in [6, 6.07) is -1.58. The van der Waals surface area contributed by atoms with Gasteiger partial charge in [0.1, 0.15) is 12.7 Å². The SMILES string of the molecule is CC/C=C\C/C=C\C/C=C\C/C=C\CCCCC(=O)NC(COP(=O)(O)OCC(O)COC(=O)CCCCCCC/C=C\C/C=C\C/C=C\C/C=C\CCCCC)C(=O)O. The van der Waals surface area contributed by atoms with Gasteiger partial charge < -0.3 is 25.2 Å². The lowest BCUT2D eigenvalue weighted by molar-refractivity contribution is -0.147. The van der Waals surface area contributed by atoms with Crippen LogP contribution >= 0.6 is 7.82 Å². The lowest BCUT2D eigenvalue weighted by atomic mass is 10.1. The number of aliphatic hydroxyl groups is 1. The van der Waals surface area contributed by atoms with Gasteiger partial charge in [0.05, 0.1) is 13.2 Å². The van der Waals surface area contributed by atoms with Crippen molar-refractivity contribution >= 4 is 25.7 Å². The fourth-order valence-electron chi connectivity index (χ4n) is 5.40. The minimum Gasteiger partial charge on any atom is -0.480 e. The van der Waals surface area contributed by atoms with Crippen molar-refractivity contribution in [1.29, 1.82) is 0 Å². The van der Waals surface area contributed by atoms with E-state index in [4.69, 9.17) is 13.8 Å². The van der Waals surface area contributed by atoms with Crippen LogP contribution in [-0.2, 0) is 32.7 Å². The molecule has 1 amide bonds. The number of hydrogen-bond acceptors (Lipinski definition) is 8. The van der Waals surface area contributed by atoms with E-state index in [1.54, 1.807) is 0 Å². The molecule has 0 aromatic rings. The molecule has 0 aromatic heterocycles. The summed E-state index contributed by atoms with van der Waals surface area (Å²) in [5.74, 6) is -2.47. The van der Waals surface area contributed by atoms with Crippen molar-refractivity contribution in [1.82, 2.24) is 5.32 Å². The van der Waals surface area contributed by atoms with Crippen LogP contribution in [0.3, 0.4) is 0 Å². The van der Waals surface area contributed by atoms with Crippen LogP contribution in [0.2, 0.25) is 0 Å². The number of phosphoric ester groups is 1. The molecule has 11 nitrogen and oxygen atoms in total. The Balaban J connectivity index is 3.99. The number of allylic oxidation sites excluding steroid dienone is 16. The lowest BCUT2D eigenvalue weighted by Crippen LogP contribution is -2.43. The van der Waals surface area contributed by atoms with E-state index >= 15 is 0 Å². The Morgan fingerprint density at radius 1 is 0.550 bits per heavy atom. The van der Waals surface area contributed by atoms with E-state index in [2.05, 4.69) is 110 Å². The summed E-state index contributed by atoms with van der Waals surface area (Å²) in [6.45, 7) is 2.38. The van der Waals surface area contributed by atoms with Crippen molar-refractivity contribution in [2.75, 3.05) is 19.8 Å². The van der Waals surface area contributed by atoms with Crippen LogP contribution in [0.1, 0.15) is 155 Å². The van der Waals surface area contributed by atoms with Gasteiger partial charge in [-0.3, -0.25) is 18.6 Å². The van der Waals surface area contributed by atoms with Gasteiger partial charge in [-0.05, 0) is 96.3 Å². The Morgan fingerprint density at radius 2 is 0.967 bits per heavy atom. The molecule has 12 heteroatoms. The number of amides is 1. The molecule has 3 unspecified atom stereocenters. The molecule has 0 aliphatic rings. The van der Waals surface area contributed by atoms with Crippen molar-refractivity contribution in [3.05, 3.63) is 97.2 Å². The Labute approximate surface area is 362 Å². The summed E-state index contributed by atoms with van der Waals surface area (Å²) >= 11 is 0. The molecular formula is C48H78NO10P. The number of hydrogen-bond donors (Lipinski definition) is 4. The highest BCUT2D eigenvalue weighted by atomic mass is 31.2. The van der Waals surface area contributed by atoms with Gasteiger partial charge in [0.15, 0.2) is 6.04 Å². The topological polar surface area (TPSA) is 169 Å². The second-order valence-electron chi connectivity index (χ2n) is 14.5. The molecule has 3 atom stereocenters. The standard InChI is InChI=1S/C48H78NO10P/c1-3-5-7-9-11-13-15-17-19-20-21-22-23-24-26-28-30-32-34-36-38-40-47(52)57-41-44(50)42-58-60(55,56)59-43-45(48(53)54)49-46(51)39-37-35-33-31-29-27-25-18-16-14-12-10-8-6-4-2/h6,8,11-14,17-19,21-22,24-26,29,31,44-45,50H,3-5,7,9-10,15-16,20,23,27-28,30,32-43H2,1-2H3,(H,49,51)(H,53,54)(H,55,56)/b8-6-,13-11-,14-12-,19-17-,22-21-,25-18-,26-24-,31-29-. The van der Waals surface area contributed by atoms with E-state index in [9.17, 15) is 34.1 Å². The highest BCUT2D eigenvalue weighted by Crippen LogP contribution is 2.43. The van der Waals surface area contributed by atoms with Gasteiger partial charge in [0.25, 0.3) is 0 Å². The zero-order chi connectivity index (χ0) is 44.2. The number of rotatable bonds is 40. The van der Waals surface area contributed by atoms with Gasteiger partial charge in [-0.1, -0.05) is 143 Å². The lowest BCUT2D eigenvalue weighted by Gasteiger charge is -2.18. The molecule has 0 rings (SSSR count). The predicted molar refractivity (Wildman–Crippen MR) is 244 cm³/mol. The van der Waals surface area contributed by atoms with Crippen LogP contribution in [0.15, 0.2) is 97.2 Å². The molecule has 0 spiro atoms. The molecular weight excluding hydrogens is 781 g/mol. The summed E-state index contributed by atoms with van der Waals surface area (Å²) in [5, 5.41) is 21.8. The van der Waals surface area contributed by atoms with Gasteiger partial charge >= 0.3 is 19.8 Å². The van der Waals surface area contributed by atoms with Crippen molar-refractivity contribution in [3.63, 3.8) is 0 Å². The number of esters is 1. The first kappa shape index (κ1) is 56.4. The Morgan fingerprint density at radius 3 is 1.47 bits per heavy atom. The molecule has 0 aromatic carbocycles. The second-order valence-corrected chi connectivity index (χ2v) is 16.0. The van der Waals surface area contributed by atoms with Crippen LogP contribution in [0.25, 0.3) is 0 Å². The van der Waals surface area contributed by atoms with Gasteiger partial charge in [0, 0.05) is 12.8 Å². The van der Waals surface area contributed by atoms with Crippen LogP contribution in [0.5, 0.6) is 0 Å². The van der Waals surface area contributed by atoms with E-state index in [0.717, 1.165) is 89.9 Å². The van der Waals surface area contributed by atoms with Gasteiger partial charge in [-0.25, -0.2) is 9.36 Å². The summed E-state index contributed by atoms with van der Waals surface area (Å²) in [4.78, 5) is 45.9. The zero-order valence-corrected chi connectivity index (χ0v) is 37.6. The quantitative estimate of drug-likeness (QED) is 0.0201. The molecule has 0 aliphatic carbocycles. The third-order valence-corrected chi connectivity index (χ3v) is 9.81. The highest BCUT2D eigenvalue weighted by Gasteiger charge is 2.28. The maximum Gasteiger partial charge on any atom is 0.472 e. The van der Waals surface area contributed by atoms with Crippen molar-refractivity contribution < 1.29 is 47.8 Å². The number of carboxylic acid groups (broad SMARTS) is 1. The zero-order valence-electron chi connectivity index (χ0n) is 36.7. The van der Waals surface area contributed by atoms with E-state index in [0.29, 0.717) is 12.8 Å². The largest absolute Gasteiger partial charge is 0.480 e. The number of carboxylic acids is 1. The third kappa shape index (κ3) is 41.1. The van der Waals surface area contributed by atoms with Crippen molar-refractivity contribution in [2.45, 2.75) is 167 Å². The average Bonchev–Trinajstić information content (AvgIpc) is 3.22. The van der Waals surface area contributed by atoms with Crippen LogP contribution < -0.4 is 5.32 Å². The highest BCUT2D eigenvalue weighted by molar-refractivity contribution is 7.47. The molecule has 0 bridgehead atoms. The molecule has 0 saturated heterocycles. The molecule has 340 valence electrons. The van der Waals surface area contributed by atoms with Gasteiger partial charge in [0.2, 0.25) is 5.91 Å². The monoisotopic (exact) mass is 860 g/mol. The van der Waals surface area contributed by atoms with Crippen LogP contribution in [0.4, 0.5) is 0 Å². The first-order chi connectivity index (χ1) is 29.1. The number of unbranched alkanes of at least 4 members (excludes halogenated alkanes) is 10. The molecule has 0 radical (unpaired) electrons. The number of nitrogens with one attached hydrogen (secondary N) is 1. The number of ether oxygens (including phenoxy) is 1. The minimum atomic E-state index is -4.78. The number of phosphoric acid groups is 1. The number of carbonyl (C=O) groups is 3. The Bertz CT molecular complexity index is 1380.